The molecule has 1 aliphatic carbocycles. The smallest absolute Gasteiger partial charge is 0.263 e. The average molecular weight is 494 g/mol. The molecule has 0 spiro atoms. The molecule has 0 unspecified atom stereocenters. The fourth-order valence-corrected chi connectivity index (χ4v) is 5.01. The third-order valence-corrected chi connectivity index (χ3v) is 7.34. The van der Waals surface area contributed by atoms with Gasteiger partial charge in [0.2, 0.25) is 0 Å². The summed E-state index contributed by atoms with van der Waals surface area (Å²) in [6.07, 6.45) is 7.73. The topological polar surface area (TPSA) is 74.8 Å². The van der Waals surface area contributed by atoms with Gasteiger partial charge in [0, 0.05) is 47.6 Å². The molecule has 0 bridgehead atoms. The second-order valence-electron chi connectivity index (χ2n) is 9.50. The van der Waals surface area contributed by atoms with Crippen molar-refractivity contribution in [3.63, 3.8) is 0 Å². The zero-order valence-corrected chi connectivity index (χ0v) is 20.3. The first kappa shape index (κ1) is 22.4. The standard InChI is InChI=1S/C26H25ClFN5O2/c1-14-30-22-11-21(15-7-8-35-23(9-15)16-12-29-33(13-16)18-4-5-18)31-25(24(22)26(34)32(14)2)19-6-3-17(27)10-20(19)28/h3,6,10-13,15,18,23H,4-5,7-9H2,1-2H3/t15-,23+/m1/s1. The van der Waals surface area contributed by atoms with Crippen LogP contribution in [0.5, 0.6) is 0 Å². The number of aryl methyl sites for hydroxylation is 1. The lowest BCUT2D eigenvalue weighted by Gasteiger charge is -2.29. The third kappa shape index (κ3) is 4.04. The summed E-state index contributed by atoms with van der Waals surface area (Å²) in [6, 6.07) is 6.81. The number of hydrogen-bond donors (Lipinski definition) is 0. The Bertz CT molecular complexity index is 1510. The molecule has 2 aliphatic rings. The minimum absolute atomic E-state index is 0.0719. The van der Waals surface area contributed by atoms with Gasteiger partial charge in [0.05, 0.1) is 34.9 Å². The lowest BCUT2D eigenvalue weighted by Crippen LogP contribution is -2.23. The van der Waals surface area contributed by atoms with E-state index in [4.69, 9.17) is 21.3 Å². The van der Waals surface area contributed by atoms with E-state index in [0.29, 0.717) is 35.1 Å². The Morgan fingerprint density at radius 1 is 1.17 bits per heavy atom. The number of rotatable bonds is 4. The van der Waals surface area contributed by atoms with E-state index >= 15 is 4.39 Å². The van der Waals surface area contributed by atoms with Crippen molar-refractivity contribution in [2.75, 3.05) is 6.61 Å². The van der Waals surface area contributed by atoms with Crippen LogP contribution in [-0.2, 0) is 11.8 Å². The van der Waals surface area contributed by atoms with Gasteiger partial charge >= 0.3 is 0 Å². The summed E-state index contributed by atoms with van der Waals surface area (Å²) in [4.78, 5) is 22.8. The van der Waals surface area contributed by atoms with E-state index in [0.717, 1.165) is 24.1 Å². The predicted molar refractivity (Wildman–Crippen MR) is 131 cm³/mol. The second kappa shape index (κ2) is 8.53. The Labute approximate surface area is 206 Å². The third-order valence-electron chi connectivity index (χ3n) is 7.11. The van der Waals surface area contributed by atoms with Gasteiger partial charge in [-0.25, -0.2) is 9.37 Å². The van der Waals surface area contributed by atoms with E-state index in [-0.39, 0.29) is 28.2 Å². The normalized spacial score (nSPS) is 20.5. The number of benzene rings is 1. The molecule has 6 rings (SSSR count). The van der Waals surface area contributed by atoms with Crippen molar-refractivity contribution >= 4 is 22.5 Å². The van der Waals surface area contributed by atoms with E-state index in [9.17, 15) is 4.79 Å². The van der Waals surface area contributed by atoms with Gasteiger partial charge in [0.25, 0.3) is 5.56 Å². The van der Waals surface area contributed by atoms with E-state index in [1.165, 1.54) is 23.5 Å². The molecule has 1 aliphatic heterocycles. The molecule has 4 heterocycles. The van der Waals surface area contributed by atoms with Crippen LogP contribution in [0.3, 0.4) is 0 Å². The van der Waals surface area contributed by atoms with Gasteiger partial charge in [-0.3, -0.25) is 19.0 Å². The quantitative estimate of drug-likeness (QED) is 0.387. The predicted octanol–water partition coefficient (Wildman–Crippen LogP) is 5.26. The van der Waals surface area contributed by atoms with Crippen LogP contribution in [0.25, 0.3) is 22.2 Å². The van der Waals surface area contributed by atoms with Crippen molar-refractivity contribution in [2.24, 2.45) is 7.05 Å². The minimum Gasteiger partial charge on any atom is -0.373 e. The molecular weight excluding hydrogens is 469 g/mol. The van der Waals surface area contributed by atoms with Crippen molar-refractivity contribution < 1.29 is 9.13 Å². The first-order valence-electron chi connectivity index (χ1n) is 11.9. The van der Waals surface area contributed by atoms with Gasteiger partial charge in [0.1, 0.15) is 11.6 Å². The maximum atomic E-state index is 15.0. The summed E-state index contributed by atoms with van der Waals surface area (Å²) in [6.45, 7) is 2.36. The number of halogens is 2. The Morgan fingerprint density at radius 2 is 2.00 bits per heavy atom. The molecule has 4 aromatic rings. The SMILES string of the molecule is Cc1nc2cc([C@@H]3CCO[C@H](c4cnn(C5CC5)c4)C3)nc(-c3ccc(Cl)cc3F)c2c(=O)n1C. The van der Waals surface area contributed by atoms with Crippen LogP contribution in [0.2, 0.25) is 5.02 Å². The maximum Gasteiger partial charge on any atom is 0.263 e. The maximum absolute atomic E-state index is 15.0. The monoisotopic (exact) mass is 493 g/mol. The van der Waals surface area contributed by atoms with E-state index < -0.39 is 5.82 Å². The number of ether oxygens (including phenoxy) is 1. The summed E-state index contributed by atoms with van der Waals surface area (Å²) >= 11 is 5.99. The van der Waals surface area contributed by atoms with Gasteiger partial charge in [0.15, 0.2) is 0 Å². The lowest BCUT2D eigenvalue weighted by atomic mass is 9.89. The lowest BCUT2D eigenvalue weighted by molar-refractivity contribution is 0.00462. The fraction of sp³-hybridized carbons (Fsp3) is 0.385. The molecule has 1 saturated carbocycles. The minimum atomic E-state index is -0.525. The highest BCUT2D eigenvalue weighted by molar-refractivity contribution is 6.30. The zero-order chi connectivity index (χ0) is 24.3. The Kier molecular flexibility index (Phi) is 5.45. The summed E-state index contributed by atoms with van der Waals surface area (Å²) < 4.78 is 24.6. The number of hydrogen-bond acceptors (Lipinski definition) is 5. The molecule has 0 N–H and O–H groups in total. The van der Waals surface area contributed by atoms with Crippen molar-refractivity contribution in [3.05, 3.63) is 74.9 Å². The number of pyridine rings is 1. The first-order chi connectivity index (χ1) is 16.9. The van der Waals surface area contributed by atoms with E-state index in [2.05, 4.69) is 16.3 Å². The van der Waals surface area contributed by atoms with Gasteiger partial charge < -0.3 is 4.74 Å². The highest BCUT2D eigenvalue weighted by Gasteiger charge is 2.30. The van der Waals surface area contributed by atoms with Crippen LogP contribution in [0.4, 0.5) is 4.39 Å². The highest BCUT2D eigenvalue weighted by Crippen LogP contribution is 2.40. The van der Waals surface area contributed by atoms with Crippen molar-refractivity contribution in [1.82, 2.24) is 24.3 Å². The summed E-state index contributed by atoms with van der Waals surface area (Å²) in [5, 5.41) is 5.10. The van der Waals surface area contributed by atoms with Gasteiger partial charge in [-0.1, -0.05) is 11.6 Å². The average Bonchev–Trinajstić information content (AvgIpc) is 3.58. The number of nitrogens with zero attached hydrogens (tertiary/aromatic N) is 5. The van der Waals surface area contributed by atoms with Crippen molar-refractivity contribution in [3.8, 4) is 11.3 Å². The zero-order valence-electron chi connectivity index (χ0n) is 19.5. The highest BCUT2D eigenvalue weighted by atomic mass is 35.5. The van der Waals surface area contributed by atoms with Gasteiger partial charge in [-0.05, 0) is 56.9 Å². The molecule has 1 aromatic carbocycles. The Hall–Kier alpha value is -3.10. The van der Waals surface area contributed by atoms with Crippen LogP contribution >= 0.6 is 11.6 Å². The largest absolute Gasteiger partial charge is 0.373 e. The van der Waals surface area contributed by atoms with Gasteiger partial charge in [-0.2, -0.15) is 5.10 Å². The van der Waals surface area contributed by atoms with Crippen LogP contribution < -0.4 is 5.56 Å². The fourth-order valence-electron chi connectivity index (χ4n) is 4.85. The molecule has 9 heteroatoms. The molecule has 1 saturated heterocycles. The van der Waals surface area contributed by atoms with Crippen LogP contribution in [-0.4, -0.2) is 30.9 Å². The van der Waals surface area contributed by atoms with Crippen LogP contribution in [0.15, 0.2) is 41.5 Å². The van der Waals surface area contributed by atoms with Crippen molar-refractivity contribution in [1.29, 1.82) is 0 Å². The number of aromatic nitrogens is 5. The molecule has 2 fully saturated rings. The molecule has 35 heavy (non-hydrogen) atoms. The van der Waals surface area contributed by atoms with Crippen LogP contribution in [0.1, 0.15) is 60.8 Å². The van der Waals surface area contributed by atoms with E-state index in [1.807, 2.05) is 16.9 Å². The molecule has 7 nitrogen and oxygen atoms in total. The molecule has 0 radical (unpaired) electrons. The van der Waals surface area contributed by atoms with Crippen LogP contribution in [0, 0.1) is 12.7 Å². The molecule has 180 valence electrons. The summed E-state index contributed by atoms with van der Waals surface area (Å²) in [7, 11) is 1.66. The Balaban J connectivity index is 1.45. The molecule has 0 amide bonds. The van der Waals surface area contributed by atoms with Crippen molar-refractivity contribution in [2.45, 2.75) is 50.7 Å². The number of fused-ring (bicyclic) bond motifs is 1. The first-order valence-corrected chi connectivity index (χ1v) is 12.3. The van der Waals surface area contributed by atoms with Gasteiger partial charge in [-0.15, -0.1) is 0 Å². The molecular formula is C26H25ClFN5O2. The molecule has 3 aromatic heterocycles. The second-order valence-corrected chi connectivity index (χ2v) is 9.94. The Morgan fingerprint density at radius 3 is 2.77 bits per heavy atom. The van der Waals surface area contributed by atoms with E-state index in [1.54, 1.807) is 26.1 Å². The summed E-state index contributed by atoms with van der Waals surface area (Å²) in [5.74, 6) is 0.130. The molecule has 2 atom stereocenters. The summed E-state index contributed by atoms with van der Waals surface area (Å²) in [5.41, 5.74) is 2.64.